The number of thiophene rings is 1. The second kappa shape index (κ2) is 5.16. The van der Waals surface area contributed by atoms with E-state index in [0.717, 1.165) is 20.7 Å². The molecule has 3 nitrogen and oxygen atoms in total. The summed E-state index contributed by atoms with van der Waals surface area (Å²) >= 11 is 5.09. The van der Waals surface area contributed by atoms with Gasteiger partial charge in [0, 0.05) is 35.0 Å². The third-order valence-electron chi connectivity index (χ3n) is 2.48. The molecule has 0 aromatic carbocycles. The Labute approximate surface area is 113 Å². The van der Waals surface area contributed by atoms with Gasteiger partial charge in [-0.15, -0.1) is 11.3 Å². The largest absolute Gasteiger partial charge is 0.363 e. The fourth-order valence-corrected chi connectivity index (χ4v) is 2.97. The fraction of sp³-hybridized carbons (Fsp3) is 0.250. The van der Waals surface area contributed by atoms with Crippen LogP contribution in [0.1, 0.15) is 16.5 Å². The van der Waals surface area contributed by atoms with Gasteiger partial charge < -0.3 is 10.6 Å². The van der Waals surface area contributed by atoms with Crippen molar-refractivity contribution in [3.8, 4) is 0 Å². The predicted octanol–water partition coefficient (Wildman–Crippen LogP) is 3.02. The zero-order valence-electron chi connectivity index (χ0n) is 9.72. The molecule has 0 saturated heterocycles. The van der Waals surface area contributed by atoms with Crippen LogP contribution >= 0.6 is 27.3 Å². The molecule has 1 atom stereocenters. The molecule has 2 rings (SSSR count). The maximum Gasteiger partial charge on any atom is 0.127 e. The number of anilines is 1. The van der Waals surface area contributed by atoms with Crippen LogP contribution in [0.3, 0.4) is 0 Å². The molecule has 0 aliphatic carbocycles. The van der Waals surface area contributed by atoms with Crippen LogP contribution < -0.4 is 10.6 Å². The minimum atomic E-state index is -0.102. The Morgan fingerprint density at radius 2 is 2.18 bits per heavy atom. The van der Waals surface area contributed by atoms with Crippen molar-refractivity contribution in [1.82, 2.24) is 4.98 Å². The first-order valence-electron chi connectivity index (χ1n) is 5.20. The van der Waals surface area contributed by atoms with Gasteiger partial charge in [-0.25, -0.2) is 4.98 Å². The van der Waals surface area contributed by atoms with Gasteiger partial charge in [0.15, 0.2) is 0 Å². The van der Waals surface area contributed by atoms with Gasteiger partial charge in [0.05, 0.1) is 6.04 Å². The third-order valence-corrected chi connectivity index (χ3v) is 4.26. The van der Waals surface area contributed by atoms with Crippen molar-refractivity contribution in [2.75, 3.05) is 19.0 Å². The lowest BCUT2D eigenvalue weighted by molar-refractivity contribution is 0.880. The molecule has 0 saturated carbocycles. The summed E-state index contributed by atoms with van der Waals surface area (Å²) in [6, 6.07) is 5.96. The molecule has 0 amide bonds. The van der Waals surface area contributed by atoms with Crippen molar-refractivity contribution >= 4 is 33.1 Å². The van der Waals surface area contributed by atoms with Crippen molar-refractivity contribution in [2.45, 2.75) is 6.04 Å². The normalized spacial score (nSPS) is 12.5. The highest BCUT2D eigenvalue weighted by molar-refractivity contribution is 9.10. The molecule has 0 radical (unpaired) electrons. The van der Waals surface area contributed by atoms with Gasteiger partial charge in [-0.1, -0.05) is 6.07 Å². The van der Waals surface area contributed by atoms with E-state index in [0.29, 0.717) is 0 Å². The summed E-state index contributed by atoms with van der Waals surface area (Å²) in [7, 11) is 3.94. The van der Waals surface area contributed by atoms with Crippen molar-refractivity contribution in [2.24, 2.45) is 5.73 Å². The van der Waals surface area contributed by atoms with Gasteiger partial charge in [0.1, 0.15) is 5.82 Å². The number of aromatic nitrogens is 1. The van der Waals surface area contributed by atoms with E-state index in [4.69, 9.17) is 5.73 Å². The van der Waals surface area contributed by atoms with Crippen molar-refractivity contribution in [3.63, 3.8) is 0 Å². The summed E-state index contributed by atoms with van der Waals surface area (Å²) in [5.74, 6) is 0.938. The first-order chi connectivity index (χ1) is 8.08. The van der Waals surface area contributed by atoms with Crippen LogP contribution in [-0.2, 0) is 0 Å². The molecule has 2 N–H and O–H groups in total. The summed E-state index contributed by atoms with van der Waals surface area (Å²) in [5.41, 5.74) is 7.22. The molecule has 0 spiro atoms. The van der Waals surface area contributed by atoms with Crippen LogP contribution in [0.25, 0.3) is 0 Å². The quantitative estimate of drug-likeness (QED) is 0.947. The number of pyridine rings is 1. The average molecular weight is 312 g/mol. The van der Waals surface area contributed by atoms with E-state index in [1.54, 1.807) is 11.3 Å². The summed E-state index contributed by atoms with van der Waals surface area (Å²) in [6.07, 6.45) is 1.84. The molecule has 0 bridgehead atoms. The van der Waals surface area contributed by atoms with Gasteiger partial charge in [0.25, 0.3) is 0 Å². The molecular formula is C12H14BrN3S. The zero-order chi connectivity index (χ0) is 12.4. The van der Waals surface area contributed by atoms with E-state index < -0.39 is 0 Å². The molecule has 17 heavy (non-hydrogen) atoms. The number of nitrogens with two attached hydrogens (primary N) is 1. The average Bonchev–Trinajstić information content (AvgIpc) is 2.75. The Bertz CT molecular complexity index is 493. The second-order valence-electron chi connectivity index (χ2n) is 3.99. The minimum Gasteiger partial charge on any atom is -0.363 e. The number of rotatable bonds is 3. The van der Waals surface area contributed by atoms with Gasteiger partial charge in [0.2, 0.25) is 0 Å². The predicted molar refractivity (Wildman–Crippen MR) is 76.6 cm³/mol. The lowest BCUT2D eigenvalue weighted by Crippen LogP contribution is -2.13. The van der Waals surface area contributed by atoms with Crippen LogP contribution in [0.4, 0.5) is 5.82 Å². The van der Waals surface area contributed by atoms with E-state index >= 15 is 0 Å². The highest BCUT2D eigenvalue weighted by Crippen LogP contribution is 2.28. The zero-order valence-corrected chi connectivity index (χ0v) is 12.1. The first-order valence-corrected chi connectivity index (χ1v) is 6.88. The smallest absolute Gasteiger partial charge is 0.127 e. The number of hydrogen-bond acceptors (Lipinski definition) is 4. The fourth-order valence-electron chi connectivity index (χ4n) is 1.50. The maximum atomic E-state index is 6.19. The van der Waals surface area contributed by atoms with Crippen LogP contribution in [0, 0.1) is 0 Å². The molecule has 2 aromatic rings. The Morgan fingerprint density at radius 1 is 1.41 bits per heavy atom. The molecule has 5 heteroatoms. The second-order valence-corrected chi connectivity index (χ2v) is 5.85. The topological polar surface area (TPSA) is 42.1 Å². The lowest BCUT2D eigenvalue weighted by Gasteiger charge is -2.13. The number of hydrogen-bond donors (Lipinski definition) is 1. The highest BCUT2D eigenvalue weighted by atomic mass is 79.9. The number of nitrogens with zero attached hydrogens (tertiary/aromatic N) is 2. The maximum absolute atomic E-state index is 6.19. The highest BCUT2D eigenvalue weighted by Gasteiger charge is 2.11. The van der Waals surface area contributed by atoms with Crippen LogP contribution in [-0.4, -0.2) is 19.1 Å². The van der Waals surface area contributed by atoms with Crippen molar-refractivity contribution in [1.29, 1.82) is 0 Å². The molecular weight excluding hydrogens is 298 g/mol. The van der Waals surface area contributed by atoms with E-state index in [9.17, 15) is 0 Å². The summed E-state index contributed by atoms with van der Waals surface area (Å²) in [5, 5.41) is 2.04. The van der Waals surface area contributed by atoms with E-state index in [1.807, 2.05) is 42.7 Å². The Balaban J connectivity index is 2.22. The Hall–Kier alpha value is -0.910. The molecule has 2 heterocycles. The standard InChI is InChI=1S/C12H14BrN3S/c1-16(2)11-4-3-8(6-15-11)12(14)10-5-9(13)7-17-10/h3-7,12H,14H2,1-2H3. The Kier molecular flexibility index (Phi) is 3.81. The van der Waals surface area contributed by atoms with Gasteiger partial charge in [-0.2, -0.15) is 0 Å². The minimum absolute atomic E-state index is 0.102. The van der Waals surface area contributed by atoms with Crippen LogP contribution in [0.2, 0.25) is 0 Å². The summed E-state index contributed by atoms with van der Waals surface area (Å²) in [4.78, 5) is 7.48. The number of halogens is 1. The van der Waals surface area contributed by atoms with Crippen molar-refractivity contribution < 1.29 is 0 Å². The Morgan fingerprint density at radius 3 is 2.65 bits per heavy atom. The third kappa shape index (κ3) is 2.86. The van der Waals surface area contributed by atoms with Gasteiger partial charge in [-0.05, 0) is 33.6 Å². The molecule has 0 fully saturated rings. The van der Waals surface area contributed by atoms with Crippen LogP contribution in [0.5, 0.6) is 0 Å². The first kappa shape index (κ1) is 12.5. The summed E-state index contributed by atoms with van der Waals surface area (Å²) in [6.45, 7) is 0. The molecule has 1 unspecified atom stereocenters. The van der Waals surface area contributed by atoms with E-state index in [2.05, 4.69) is 27.0 Å². The SMILES string of the molecule is CN(C)c1ccc(C(N)c2cc(Br)cs2)cn1. The van der Waals surface area contributed by atoms with E-state index in [-0.39, 0.29) is 6.04 Å². The van der Waals surface area contributed by atoms with Gasteiger partial charge in [-0.3, -0.25) is 0 Å². The molecule has 2 aromatic heterocycles. The lowest BCUT2D eigenvalue weighted by atomic mass is 10.1. The molecule has 0 aliphatic heterocycles. The van der Waals surface area contributed by atoms with Crippen molar-refractivity contribution in [3.05, 3.63) is 44.7 Å². The van der Waals surface area contributed by atoms with E-state index in [1.165, 1.54) is 0 Å². The van der Waals surface area contributed by atoms with Crippen LogP contribution in [0.15, 0.2) is 34.2 Å². The molecule has 0 aliphatic rings. The monoisotopic (exact) mass is 311 g/mol. The summed E-state index contributed by atoms with van der Waals surface area (Å²) < 4.78 is 1.07. The van der Waals surface area contributed by atoms with Gasteiger partial charge >= 0.3 is 0 Å². The molecule has 90 valence electrons.